The number of aliphatic imine (C=N–C) groups is 3. The molecule has 0 saturated carbocycles. The van der Waals surface area contributed by atoms with Gasteiger partial charge in [-0.25, -0.2) is 24.2 Å². The molecule has 0 aromatic carbocycles. The van der Waals surface area contributed by atoms with E-state index in [0.717, 1.165) is 0 Å². The van der Waals surface area contributed by atoms with E-state index >= 15 is 0 Å². The average Bonchev–Trinajstić information content (AvgIpc) is 2.33. The van der Waals surface area contributed by atoms with Crippen LogP contribution in [0.15, 0.2) is 15.0 Å². The Morgan fingerprint density at radius 1 is 1.17 bits per heavy atom. The van der Waals surface area contributed by atoms with E-state index in [1.165, 1.54) is 25.2 Å². The molecule has 0 amide bonds. The normalized spacial score (nSPS) is 12.1. The lowest BCUT2D eigenvalue weighted by molar-refractivity contribution is -0.149. The number of rotatable bonds is 8. The van der Waals surface area contributed by atoms with Gasteiger partial charge in [0.15, 0.2) is 6.04 Å². The lowest BCUT2D eigenvalue weighted by atomic mass is 10.1. The molecule has 0 rings (SSSR count). The van der Waals surface area contributed by atoms with Crippen LogP contribution in [0.3, 0.4) is 0 Å². The summed E-state index contributed by atoms with van der Waals surface area (Å²) in [6.07, 6.45) is 3.36. The molecular weight excluding hydrogens is 242 g/mol. The highest BCUT2D eigenvalue weighted by Crippen LogP contribution is 2.06. The molecule has 2 unspecified atom stereocenters. The fourth-order valence-electron chi connectivity index (χ4n) is 1.06. The summed E-state index contributed by atoms with van der Waals surface area (Å²) in [6.45, 7) is 1.53. The van der Waals surface area contributed by atoms with Gasteiger partial charge < -0.3 is 4.74 Å². The van der Waals surface area contributed by atoms with Gasteiger partial charge in [0.05, 0.1) is 6.54 Å². The van der Waals surface area contributed by atoms with Crippen molar-refractivity contribution in [2.45, 2.75) is 32.0 Å². The van der Waals surface area contributed by atoms with Gasteiger partial charge in [-0.2, -0.15) is 9.98 Å². The van der Waals surface area contributed by atoms with Gasteiger partial charge >= 0.3 is 5.97 Å². The molecule has 0 aromatic rings. The number of nitrogens with zero attached hydrogens (tertiary/aromatic N) is 3. The van der Waals surface area contributed by atoms with Crippen molar-refractivity contribution in [3.8, 4) is 0 Å². The van der Waals surface area contributed by atoms with Gasteiger partial charge in [-0.3, -0.25) is 0 Å². The van der Waals surface area contributed by atoms with Gasteiger partial charge in [-0.05, 0) is 19.8 Å². The predicted molar refractivity (Wildman–Crippen MR) is 57.8 cm³/mol. The van der Waals surface area contributed by atoms with Gasteiger partial charge in [-0.1, -0.05) is 0 Å². The van der Waals surface area contributed by atoms with Crippen molar-refractivity contribution < 1.29 is 23.9 Å². The van der Waals surface area contributed by atoms with E-state index in [2.05, 4.69) is 15.0 Å². The van der Waals surface area contributed by atoms with E-state index in [-0.39, 0.29) is 13.0 Å². The van der Waals surface area contributed by atoms with Crippen molar-refractivity contribution in [1.29, 1.82) is 0 Å². The Hall–Kier alpha value is -2.39. The number of ether oxygens (including phenoxy) is 1. The minimum absolute atomic E-state index is 0.163. The first kappa shape index (κ1) is 15.6. The van der Waals surface area contributed by atoms with Crippen molar-refractivity contribution in [2.75, 3.05) is 6.54 Å². The highest BCUT2D eigenvalue weighted by Gasteiger charge is 2.20. The zero-order valence-electron chi connectivity index (χ0n) is 9.66. The molecule has 2 atom stereocenters. The SMILES string of the molecule is CC(N=C=O)OC(=O)C(CCCN=C=O)N=C=O. The number of carbonyl (C=O) groups excluding carboxylic acids is 4. The summed E-state index contributed by atoms with van der Waals surface area (Å²) in [5.74, 6) is -0.806. The third-order valence-electron chi connectivity index (χ3n) is 1.81. The number of esters is 1. The molecule has 0 aromatic heterocycles. The summed E-state index contributed by atoms with van der Waals surface area (Å²) in [5, 5.41) is 0. The van der Waals surface area contributed by atoms with Crippen LogP contribution in [-0.4, -0.2) is 43.0 Å². The molecule has 0 N–H and O–H groups in total. The van der Waals surface area contributed by atoms with E-state index in [9.17, 15) is 19.2 Å². The van der Waals surface area contributed by atoms with E-state index in [4.69, 9.17) is 4.74 Å². The molecular formula is C10H11N3O5. The van der Waals surface area contributed by atoms with Crippen LogP contribution in [0.2, 0.25) is 0 Å². The maximum Gasteiger partial charge on any atom is 0.333 e. The Balaban J connectivity index is 4.39. The Bertz CT molecular complexity index is 417. The Kier molecular flexibility index (Phi) is 8.51. The Labute approximate surface area is 102 Å². The van der Waals surface area contributed by atoms with Gasteiger partial charge in [0.25, 0.3) is 0 Å². The van der Waals surface area contributed by atoms with Crippen molar-refractivity contribution in [1.82, 2.24) is 0 Å². The third kappa shape index (κ3) is 6.98. The van der Waals surface area contributed by atoms with Crippen molar-refractivity contribution in [3.63, 3.8) is 0 Å². The molecule has 0 spiro atoms. The molecule has 0 heterocycles. The Morgan fingerprint density at radius 3 is 2.39 bits per heavy atom. The molecule has 8 nitrogen and oxygen atoms in total. The summed E-state index contributed by atoms with van der Waals surface area (Å²) < 4.78 is 4.71. The minimum Gasteiger partial charge on any atom is -0.438 e. The topological polar surface area (TPSA) is 115 Å². The van der Waals surface area contributed by atoms with E-state index < -0.39 is 18.2 Å². The molecule has 8 heteroatoms. The maximum absolute atomic E-state index is 11.5. The molecule has 96 valence electrons. The van der Waals surface area contributed by atoms with Crippen molar-refractivity contribution >= 4 is 24.2 Å². The van der Waals surface area contributed by atoms with Crippen LogP contribution in [-0.2, 0) is 23.9 Å². The first-order valence-corrected chi connectivity index (χ1v) is 5.03. The van der Waals surface area contributed by atoms with Crippen LogP contribution in [0.1, 0.15) is 19.8 Å². The minimum atomic E-state index is -1.05. The number of hydrogen-bond acceptors (Lipinski definition) is 8. The second kappa shape index (κ2) is 9.81. The molecule has 0 saturated heterocycles. The molecule has 0 aliphatic carbocycles. The number of hydrogen-bond donors (Lipinski definition) is 0. The summed E-state index contributed by atoms with van der Waals surface area (Å²) in [5.41, 5.74) is 0. The van der Waals surface area contributed by atoms with Gasteiger partial charge in [-0.15, -0.1) is 0 Å². The van der Waals surface area contributed by atoms with E-state index in [0.29, 0.717) is 6.42 Å². The van der Waals surface area contributed by atoms with Crippen LogP contribution < -0.4 is 0 Å². The second-order valence-electron chi connectivity index (χ2n) is 3.11. The second-order valence-corrected chi connectivity index (χ2v) is 3.11. The summed E-state index contributed by atoms with van der Waals surface area (Å²) in [4.78, 5) is 51.1. The summed E-state index contributed by atoms with van der Waals surface area (Å²) >= 11 is 0. The zero-order valence-corrected chi connectivity index (χ0v) is 9.66. The maximum atomic E-state index is 11.5. The molecule has 0 radical (unpaired) electrons. The third-order valence-corrected chi connectivity index (χ3v) is 1.81. The predicted octanol–water partition coefficient (Wildman–Crippen LogP) is 0.0318. The lowest BCUT2D eigenvalue weighted by Gasteiger charge is -2.11. The molecule has 0 aliphatic heterocycles. The van der Waals surface area contributed by atoms with Crippen LogP contribution in [0.25, 0.3) is 0 Å². The molecule has 0 fully saturated rings. The van der Waals surface area contributed by atoms with Crippen LogP contribution >= 0.6 is 0 Å². The first-order chi connectivity index (χ1) is 8.65. The summed E-state index contributed by atoms with van der Waals surface area (Å²) in [6, 6.07) is -1.05. The fourth-order valence-corrected chi connectivity index (χ4v) is 1.06. The van der Waals surface area contributed by atoms with Crippen LogP contribution in [0.4, 0.5) is 0 Å². The average molecular weight is 253 g/mol. The monoisotopic (exact) mass is 253 g/mol. The lowest BCUT2D eigenvalue weighted by Crippen LogP contribution is -2.25. The summed E-state index contributed by atoms with van der Waals surface area (Å²) in [7, 11) is 0. The quantitative estimate of drug-likeness (QED) is 0.262. The van der Waals surface area contributed by atoms with Crippen molar-refractivity contribution in [2.24, 2.45) is 15.0 Å². The first-order valence-electron chi connectivity index (χ1n) is 5.03. The zero-order chi connectivity index (χ0) is 13.8. The number of carbonyl (C=O) groups is 1. The smallest absolute Gasteiger partial charge is 0.333 e. The van der Waals surface area contributed by atoms with E-state index in [1.807, 2.05) is 0 Å². The van der Waals surface area contributed by atoms with Gasteiger partial charge in [0.1, 0.15) is 0 Å². The van der Waals surface area contributed by atoms with Crippen LogP contribution in [0.5, 0.6) is 0 Å². The molecule has 0 aliphatic rings. The Morgan fingerprint density at radius 2 is 1.83 bits per heavy atom. The number of isocyanates is 3. The van der Waals surface area contributed by atoms with Crippen LogP contribution in [0, 0.1) is 0 Å². The van der Waals surface area contributed by atoms with Gasteiger partial charge in [0.2, 0.25) is 24.5 Å². The standard InChI is InChI=1S/C10H11N3O5/c1-8(12-6-15)18-10(17)9(13-7-16)3-2-4-11-5-14/h8-9H,2-4H2,1H3. The molecule has 0 bridgehead atoms. The highest BCUT2D eigenvalue weighted by molar-refractivity contribution is 5.77. The fraction of sp³-hybridized carbons (Fsp3) is 0.600. The van der Waals surface area contributed by atoms with Gasteiger partial charge in [0, 0.05) is 0 Å². The largest absolute Gasteiger partial charge is 0.438 e. The molecule has 18 heavy (non-hydrogen) atoms. The highest BCUT2D eigenvalue weighted by atomic mass is 16.6. The van der Waals surface area contributed by atoms with E-state index in [1.54, 1.807) is 0 Å². The van der Waals surface area contributed by atoms with Crippen molar-refractivity contribution in [3.05, 3.63) is 0 Å².